The fraction of sp³-hybridized carbons (Fsp3) is 0.286. The Kier molecular flexibility index (Phi) is 7.12. The van der Waals surface area contributed by atoms with Crippen LogP contribution in [0.1, 0.15) is 23.2 Å². The molecule has 3 amide bonds. The van der Waals surface area contributed by atoms with Crippen molar-refractivity contribution >= 4 is 23.4 Å². The quantitative estimate of drug-likeness (QED) is 0.263. The van der Waals surface area contributed by atoms with E-state index in [1.165, 1.54) is 5.48 Å². The van der Waals surface area contributed by atoms with Gasteiger partial charge in [0.15, 0.2) is 0 Å². The van der Waals surface area contributed by atoms with E-state index in [2.05, 4.69) is 16.0 Å². The average Bonchev–Trinajstić information content (AvgIpc) is 3.60. The van der Waals surface area contributed by atoms with Crippen molar-refractivity contribution in [2.24, 2.45) is 5.73 Å². The minimum absolute atomic E-state index is 0.0734. The van der Waals surface area contributed by atoms with E-state index >= 15 is 0 Å². The van der Waals surface area contributed by atoms with Gasteiger partial charge in [-0.25, -0.2) is 5.48 Å². The highest BCUT2D eigenvalue weighted by Gasteiger charge is 2.21. The Labute approximate surface area is 174 Å². The van der Waals surface area contributed by atoms with Gasteiger partial charge >= 0.3 is 0 Å². The van der Waals surface area contributed by atoms with E-state index in [1.807, 2.05) is 24.3 Å². The predicted molar refractivity (Wildman–Crippen MR) is 112 cm³/mol. The zero-order valence-electron chi connectivity index (χ0n) is 16.4. The maximum Gasteiger partial charge on any atom is 0.267 e. The molecular formula is C21H25N5O4. The zero-order valence-corrected chi connectivity index (χ0v) is 16.4. The standard InChI is InChI=1S/C21H25N5O4/c22-11-18(21(29)26-30)25-20(28)15-3-1-13(2-4-15)14-5-7-17(8-6-14)24-19(27)12-23-16-9-10-16/h1-8,16,18,23,30H,9-12,22H2,(H,24,27)(H,25,28)(H,26,29)/t18-/m0/s1. The molecule has 0 unspecified atom stereocenters. The molecule has 0 heterocycles. The molecule has 7 N–H and O–H groups in total. The van der Waals surface area contributed by atoms with Crippen LogP contribution in [0.25, 0.3) is 11.1 Å². The van der Waals surface area contributed by atoms with Gasteiger partial charge in [-0.05, 0) is 48.2 Å². The average molecular weight is 411 g/mol. The van der Waals surface area contributed by atoms with Crippen LogP contribution in [0.5, 0.6) is 0 Å². The number of amides is 3. The molecule has 1 fully saturated rings. The van der Waals surface area contributed by atoms with Crippen LogP contribution >= 0.6 is 0 Å². The molecule has 0 aromatic heterocycles. The highest BCUT2D eigenvalue weighted by Crippen LogP contribution is 2.22. The normalized spacial score (nSPS) is 13.9. The third-order valence-electron chi connectivity index (χ3n) is 4.75. The number of hydrogen-bond donors (Lipinski definition) is 6. The van der Waals surface area contributed by atoms with Crippen molar-refractivity contribution in [2.75, 3.05) is 18.4 Å². The fourth-order valence-electron chi connectivity index (χ4n) is 2.84. The first kappa shape index (κ1) is 21.4. The Balaban J connectivity index is 1.57. The van der Waals surface area contributed by atoms with E-state index in [0.717, 1.165) is 24.0 Å². The van der Waals surface area contributed by atoms with Crippen molar-refractivity contribution in [1.82, 2.24) is 16.1 Å². The maximum atomic E-state index is 12.3. The van der Waals surface area contributed by atoms with Crippen LogP contribution in [0.4, 0.5) is 5.69 Å². The summed E-state index contributed by atoms with van der Waals surface area (Å²) in [5.74, 6) is -1.33. The molecule has 1 saturated carbocycles. The number of anilines is 1. The van der Waals surface area contributed by atoms with Gasteiger partial charge in [0.2, 0.25) is 5.91 Å². The molecule has 1 atom stereocenters. The van der Waals surface area contributed by atoms with Gasteiger partial charge < -0.3 is 21.7 Å². The number of nitrogens with two attached hydrogens (primary N) is 1. The van der Waals surface area contributed by atoms with Crippen LogP contribution < -0.4 is 27.2 Å². The number of hydrogen-bond acceptors (Lipinski definition) is 6. The second-order valence-electron chi connectivity index (χ2n) is 7.10. The smallest absolute Gasteiger partial charge is 0.267 e. The second-order valence-corrected chi connectivity index (χ2v) is 7.10. The van der Waals surface area contributed by atoms with E-state index in [4.69, 9.17) is 10.9 Å². The van der Waals surface area contributed by atoms with Crippen molar-refractivity contribution in [3.8, 4) is 11.1 Å². The first-order valence-electron chi connectivity index (χ1n) is 9.68. The van der Waals surface area contributed by atoms with Crippen molar-refractivity contribution in [2.45, 2.75) is 24.9 Å². The van der Waals surface area contributed by atoms with Crippen molar-refractivity contribution in [3.63, 3.8) is 0 Å². The third kappa shape index (κ3) is 5.86. The number of carbonyl (C=O) groups excluding carboxylic acids is 3. The van der Waals surface area contributed by atoms with Gasteiger partial charge in [0, 0.05) is 23.8 Å². The molecule has 1 aliphatic rings. The SMILES string of the molecule is NC[C@H](NC(=O)c1ccc(-c2ccc(NC(=O)CNC3CC3)cc2)cc1)C(=O)NO. The molecule has 2 aromatic carbocycles. The molecule has 1 aliphatic carbocycles. The van der Waals surface area contributed by atoms with Crippen molar-refractivity contribution < 1.29 is 19.6 Å². The van der Waals surface area contributed by atoms with E-state index in [9.17, 15) is 14.4 Å². The number of carbonyl (C=O) groups is 3. The summed E-state index contributed by atoms with van der Waals surface area (Å²) in [6.45, 7) is 0.163. The van der Waals surface area contributed by atoms with Gasteiger partial charge in [0.05, 0.1) is 6.54 Å². The summed E-state index contributed by atoms with van der Waals surface area (Å²) >= 11 is 0. The first-order valence-corrected chi connectivity index (χ1v) is 9.68. The van der Waals surface area contributed by atoms with Crippen LogP contribution in [0.2, 0.25) is 0 Å². The lowest BCUT2D eigenvalue weighted by atomic mass is 10.0. The molecule has 0 bridgehead atoms. The Morgan fingerprint density at radius 3 is 2.13 bits per heavy atom. The predicted octanol–water partition coefficient (Wildman–Crippen LogP) is 0.607. The number of benzene rings is 2. The Morgan fingerprint density at radius 2 is 1.60 bits per heavy atom. The maximum absolute atomic E-state index is 12.3. The lowest BCUT2D eigenvalue weighted by Crippen LogP contribution is -2.50. The van der Waals surface area contributed by atoms with Crippen LogP contribution in [0, 0.1) is 0 Å². The number of nitrogens with one attached hydrogen (secondary N) is 4. The summed E-state index contributed by atoms with van der Waals surface area (Å²) in [6, 6.07) is 13.7. The van der Waals surface area contributed by atoms with Gasteiger partial charge in [-0.2, -0.15) is 0 Å². The monoisotopic (exact) mass is 411 g/mol. The molecule has 30 heavy (non-hydrogen) atoms. The molecule has 0 aliphatic heterocycles. The molecule has 0 saturated heterocycles. The summed E-state index contributed by atoms with van der Waals surface area (Å²) < 4.78 is 0. The summed E-state index contributed by atoms with van der Waals surface area (Å²) in [5, 5.41) is 17.1. The molecule has 0 radical (unpaired) electrons. The fourth-order valence-corrected chi connectivity index (χ4v) is 2.84. The zero-order chi connectivity index (χ0) is 21.5. The lowest BCUT2D eigenvalue weighted by molar-refractivity contribution is -0.130. The van der Waals surface area contributed by atoms with E-state index in [0.29, 0.717) is 23.8 Å². The highest BCUT2D eigenvalue weighted by molar-refractivity contribution is 5.98. The molecule has 2 aromatic rings. The molecule has 9 nitrogen and oxygen atoms in total. The number of rotatable bonds is 9. The van der Waals surface area contributed by atoms with Gasteiger partial charge in [0.1, 0.15) is 6.04 Å². The second kappa shape index (κ2) is 9.97. The van der Waals surface area contributed by atoms with E-state index in [-0.39, 0.29) is 12.5 Å². The molecule has 9 heteroatoms. The van der Waals surface area contributed by atoms with E-state index < -0.39 is 17.9 Å². The molecule has 0 spiro atoms. The van der Waals surface area contributed by atoms with Gasteiger partial charge in [-0.3, -0.25) is 19.6 Å². The van der Waals surface area contributed by atoms with Gasteiger partial charge in [-0.1, -0.05) is 24.3 Å². The third-order valence-corrected chi connectivity index (χ3v) is 4.75. The Hall–Kier alpha value is -3.27. The largest absolute Gasteiger partial charge is 0.339 e. The van der Waals surface area contributed by atoms with Crippen molar-refractivity contribution in [3.05, 3.63) is 54.1 Å². The first-order chi connectivity index (χ1) is 14.5. The molecule has 3 rings (SSSR count). The summed E-state index contributed by atoms with van der Waals surface area (Å²) in [5.41, 5.74) is 9.80. The van der Waals surface area contributed by atoms with Gasteiger partial charge in [-0.15, -0.1) is 0 Å². The van der Waals surface area contributed by atoms with Crippen LogP contribution in [0.15, 0.2) is 48.5 Å². The number of hydroxylamine groups is 1. The molecular weight excluding hydrogens is 386 g/mol. The summed E-state index contributed by atoms with van der Waals surface area (Å²) in [4.78, 5) is 35.6. The summed E-state index contributed by atoms with van der Waals surface area (Å²) in [7, 11) is 0. The van der Waals surface area contributed by atoms with Crippen molar-refractivity contribution in [1.29, 1.82) is 0 Å². The topological polar surface area (TPSA) is 146 Å². The Bertz CT molecular complexity index is 895. The molecule has 158 valence electrons. The van der Waals surface area contributed by atoms with Crippen LogP contribution in [-0.2, 0) is 9.59 Å². The van der Waals surface area contributed by atoms with Crippen LogP contribution in [0.3, 0.4) is 0 Å². The van der Waals surface area contributed by atoms with Gasteiger partial charge in [0.25, 0.3) is 11.8 Å². The lowest BCUT2D eigenvalue weighted by Gasteiger charge is -2.14. The summed E-state index contributed by atoms with van der Waals surface area (Å²) in [6.07, 6.45) is 2.27. The minimum atomic E-state index is -1.02. The van der Waals surface area contributed by atoms with Crippen LogP contribution in [-0.4, -0.2) is 48.1 Å². The Morgan fingerprint density at radius 1 is 1.00 bits per heavy atom. The highest BCUT2D eigenvalue weighted by atomic mass is 16.5. The van der Waals surface area contributed by atoms with E-state index in [1.54, 1.807) is 24.3 Å². The minimum Gasteiger partial charge on any atom is -0.339 e.